The van der Waals surface area contributed by atoms with Crippen LogP contribution in [0, 0.1) is 17.8 Å². The molecule has 130 valence electrons. The first-order valence-electron chi connectivity index (χ1n) is 9.26. The highest BCUT2D eigenvalue weighted by Crippen LogP contribution is 2.35. The van der Waals surface area contributed by atoms with Gasteiger partial charge in [-0.05, 0) is 48.3 Å². The number of aromatic nitrogens is 1. The van der Waals surface area contributed by atoms with Crippen LogP contribution in [0.4, 0.5) is 0 Å². The van der Waals surface area contributed by atoms with E-state index in [2.05, 4.69) is 44.5 Å². The Bertz CT molecular complexity index is 646. The molecule has 24 heavy (non-hydrogen) atoms. The van der Waals surface area contributed by atoms with Crippen LogP contribution in [0.1, 0.15) is 58.1 Å². The quantitative estimate of drug-likeness (QED) is 0.580. The summed E-state index contributed by atoms with van der Waals surface area (Å²) < 4.78 is 0. The number of nitrogens with zero attached hydrogens (tertiary/aromatic N) is 1. The molecule has 0 aliphatic heterocycles. The second kappa shape index (κ2) is 8.98. The van der Waals surface area contributed by atoms with Crippen molar-refractivity contribution >= 4 is 10.9 Å². The van der Waals surface area contributed by atoms with Gasteiger partial charge in [-0.3, -0.25) is 4.98 Å². The van der Waals surface area contributed by atoms with E-state index in [4.69, 9.17) is 0 Å². The van der Waals surface area contributed by atoms with E-state index in [-0.39, 0.29) is 5.92 Å². The molecule has 1 aromatic carbocycles. The van der Waals surface area contributed by atoms with Gasteiger partial charge in [-0.15, -0.1) is 6.58 Å². The largest absolute Gasteiger partial charge is 0.388 e. The van der Waals surface area contributed by atoms with Gasteiger partial charge in [-0.2, -0.15) is 0 Å². The van der Waals surface area contributed by atoms with E-state index >= 15 is 0 Å². The topological polar surface area (TPSA) is 33.1 Å². The highest BCUT2D eigenvalue weighted by Gasteiger charge is 2.25. The van der Waals surface area contributed by atoms with Crippen molar-refractivity contribution in [3.8, 4) is 0 Å². The summed E-state index contributed by atoms with van der Waals surface area (Å²) in [6.45, 7) is 10.6. The van der Waals surface area contributed by atoms with Gasteiger partial charge in [0, 0.05) is 11.6 Å². The minimum atomic E-state index is -0.459. The monoisotopic (exact) mass is 325 g/mol. The van der Waals surface area contributed by atoms with E-state index in [1.165, 1.54) is 12.8 Å². The summed E-state index contributed by atoms with van der Waals surface area (Å²) >= 11 is 0. The van der Waals surface area contributed by atoms with Gasteiger partial charge in [0.2, 0.25) is 0 Å². The fourth-order valence-corrected chi connectivity index (χ4v) is 3.86. The molecular weight excluding hydrogens is 294 g/mol. The Morgan fingerprint density at radius 1 is 1.21 bits per heavy atom. The molecule has 1 N–H and O–H groups in total. The predicted molar refractivity (Wildman–Crippen MR) is 103 cm³/mol. The second-order valence-electron chi connectivity index (χ2n) is 6.93. The molecule has 4 atom stereocenters. The third-order valence-corrected chi connectivity index (χ3v) is 5.25. The molecule has 1 heterocycles. The van der Waals surface area contributed by atoms with E-state index in [0.717, 1.165) is 29.3 Å². The summed E-state index contributed by atoms with van der Waals surface area (Å²) in [6.07, 6.45) is 7.95. The number of allylic oxidation sites excluding steroid dienone is 1. The lowest BCUT2D eigenvalue weighted by Gasteiger charge is -2.29. The van der Waals surface area contributed by atoms with Crippen LogP contribution < -0.4 is 0 Å². The zero-order chi connectivity index (χ0) is 17.5. The third kappa shape index (κ3) is 4.24. The van der Waals surface area contributed by atoms with Crippen LogP contribution in [0.3, 0.4) is 0 Å². The van der Waals surface area contributed by atoms with Gasteiger partial charge in [0.1, 0.15) is 0 Å². The van der Waals surface area contributed by atoms with Crippen LogP contribution in [-0.2, 0) is 0 Å². The van der Waals surface area contributed by atoms with Crippen LogP contribution in [0.25, 0.3) is 10.9 Å². The lowest BCUT2D eigenvalue weighted by Crippen LogP contribution is -2.19. The van der Waals surface area contributed by atoms with Crippen molar-refractivity contribution in [1.82, 2.24) is 4.98 Å². The van der Waals surface area contributed by atoms with Gasteiger partial charge in [0.25, 0.3) is 0 Å². The highest BCUT2D eigenvalue weighted by atomic mass is 16.3. The maximum atomic E-state index is 11.0. The molecule has 0 fully saturated rings. The SMILES string of the molecule is C=C[C@@H](CC)C(CCC)C[C@H](C)[C@H](O)c1ccnc2ccccc12. The van der Waals surface area contributed by atoms with Gasteiger partial charge >= 0.3 is 0 Å². The molecule has 0 bridgehead atoms. The minimum Gasteiger partial charge on any atom is -0.388 e. The first-order chi connectivity index (χ1) is 11.6. The van der Waals surface area contributed by atoms with E-state index in [1.54, 1.807) is 6.20 Å². The van der Waals surface area contributed by atoms with Gasteiger partial charge in [0.05, 0.1) is 11.6 Å². The number of para-hydroxylation sites is 1. The Hall–Kier alpha value is -1.67. The molecule has 0 aliphatic rings. The Balaban J connectivity index is 2.20. The second-order valence-corrected chi connectivity index (χ2v) is 6.93. The predicted octanol–water partition coefficient (Wildman–Crippen LogP) is 5.92. The molecule has 2 rings (SSSR count). The van der Waals surface area contributed by atoms with Crippen molar-refractivity contribution in [2.45, 2.75) is 52.6 Å². The molecule has 1 unspecified atom stereocenters. The summed E-state index contributed by atoms with van der Waals surface area (Å²) in [5.41, 5.74) is 1.94. The third-order valence-electron chi connectivity index (χ3n) is 5.25. The molecule has 0 amide bonds. The summed E-state index contributed by atoms with van der Waals surface area (Å²) in [4.78, 5) is 4.40. The van der Waals surface area contributed by atoms with E-state index in [0.29, 0.717) is 11.8 Å². The molecule has 0 spiro atoms. The van der Waals surface area contributed by atoms with Crippen molar-refractivity contribution < 1.29 is 5.11 Å². The van der Waals surface area contributed by atoms with E-state index in [1.807, 2.05) is 24.3 Å². The molecule has 2 aromatic rings. The van der Waals surface area contributed by atoms with Crippen LogP contribution in [0.2, 0.25) is 0 Å². The summed E-state index contributed by atoms with van der Waals surface area (Å²) in [5, 5.41) is 12.0. The number of hydrogen-bond donors (Lipinski definition) is 1. The van der Waals surface area contributed by atoms with Crippen molar-refractivity contribution in [3.05, 3.63) is 54.7 Å². The van der Waals surface area contributed by atoms with E-state index < -0.39 is 6.10 Å². The van der Waals surface area contributed by atoms with Crippen LogP contribution in [0.5, 0.6) is 0 Å². The Morgan fingerprint density at radius 3 is 2.62 bits per heavy atom. The minimum absolute atomic E-state index is 0.210. The summed E-state index contributed by atoms with van der Waals surface area (Å²) in [6, 6.07) is 10.0. The van der Waals surface area contributed by atoms with Crippen molar-refractivity contribution in [1.29, 1.82) is 0 Å². The lowest BCUT2D eigenvalue weighted by atomic mass is 9.78. The Morgan fingerprint density at radius 2 is 1.96 bits per heavy atom. The van der Waals surface area contributed by atoms with Crippen LogP contribution in [0.15, 0.2) is 49.2 Å². The lowest BCUT2D eigenvalue weighted by molar-refractivity contribution is 0.0958. The molecule has 2 heteroatoms. The highest BCUT2D eigenvalue weighted by molar-refractivity contribution is 5.82. The van der Waals surface area contributed by atoms with Gasteiger partial charge in [-0.25, -0.2) is 0 Å². The van der Waals surface area contributed by atoms with Crippen molar-refractivity contribution in [2.24, 2.45) is 17.8 Å². The average Bonchev–Trinajstić information content (AvgIpc) is 2.61. The fourth-order valence-electron chi connectivity index (χ4n) is 3.86. The summed E-state index contributed by atoms with van der Waals surface area (Å²) in [7, 11) is 0. The Labute approximate surface area is 146 Å². The Kier molecular flexibility index (Phi) is 6.99. The van der Waals surface area contributed by atoms with Crippen molar-refractivity contribution in [2.75, 3.05) is 0 Å². The first kappa shape index (κ1) is 18.7. The average molecular weight is 325 g/mol. The zero-order valence-electron chi connectivity index (χ0n) is 15.3. The maximum Gasteiger partial charge on any atom is 0.0822 e. The van der Waals surface area contributed by atoms with Crippen LogP contribution in [-0.4, -0.2) is 10.1 Å². The molecule has 1 aromatic heterocycles. The molecule has 0 aliphatic carbocycles. The van der Waals surface area contributed by atoms with Gasteiger partial charge < -0.3 is 5.11 Å². The molecule has 2 nitrogen and oxygen atoms in total. The molecule has 0 radical (unpaired) electrons. The normalized spacial score (nSPS) is 16.5. The van der Waals surface area contributed by atoms with Crippen LogP contribution >= 0.6 is 0 Å². The number of aliphatic hydroxyl groups is 1. The number of rotatable bonds is 9. The number of benzene rings is 1. The standard InChI is InChI=1S/C22H31NO/c1-5-10-18(17(6-2)7-3)15-16(4)22(24)20-13-14-23-21-12-9-8-11-19(20)21/h6,8-9,11-14,16-18,22,24H,2,5,7,10,15H2,1,3-4H3/t16-,17-,18?,22-/m0/s1. The number of fused-ring (bicyclic) bond motifs is 1. The van der Waals surface area contributed by atoms with Gasteiger partial charge in [0.15, 0.2) is 0 Å². The number of hydrogen-bond acceptors (Lipinski definition) is 2. The first-order valence-corrected chi connectivity index (χ1v) is 9.26. The fraction of sp³-hybridized carbons (Fsp3) is 0.500. The number of pyridine rings is 1. The number of aliphatic hydroxyl groups excluding tert-OH is 1. The smallest absolute Gasteiger partial charge is 0.0822 e. The van der Waals surface area contributed by atoms with Crippen molar-refractivity contribution in [3.63, 3.8) is 0 Å². The maximum absolute atomic E-state index is 11.0. The molecule has 0 saturated carbocycles. The van der Waals surface area contributed by atoms with Gasteiger partial charge in [-0.1, -0.05) is 57.9 Å². The zero-order valence-corrected chi connectivity index (χ0v) is 15.3. The van der Waals surface area contributed by atoms with E-state index in [9.17, 15) is 5.11 Å². The summed E-state index contributed by atoms with van der Waals surface area (Å²) in [5.74, 6) is 1.34. The molecule has 0 saturated heterocycles. The molecular formula is C22H31NO.